The second-order valence-electron chi connectivity index (χ2n) is 5.86. The molecule has 0 radical (unpaired) electrons. The van der Waals surface area contributed by atoms with Crippen LogP contribution in [-0.2, 0) is 4.74 Å². The van der Waals surface area contributed by atoms with Crippen LogP contribution in [0.3, 0.4) is 0 Å². The van der Waals surface area contributed by atoms with Crippen molar-refractivity contribution in [3.05, 3.63) is 39.3 Å². The largest absolute Gasteiger partial charge is 0.462 e. The molecule has 0 fully saturated rings. The molecular weight excluding hydrogens is 386 g/mol. The van der Waals surface area contributed by atoms with Crippen LogP contribution >= 0.6 is 12.6 Å². The molecule has 0 bridgehead atoms. The minimum absolute atomic E-state index is 0.126. The van der Waals surface area contributed by atoms with Crippen molar-refractivity contribution in [1.82, 2.24) is 0 Å². The number of ether oxygens (including phenoxy) is 1. The first-order valence-corrected chi connectivity index (χ1v) is 9.28. The van der Waals surface area contributed by atoms with Crippen LogP contribution in [0.25, 0.3) is 10.4 Å². The molecule has 0 amide bonds. The zero-order valence-corrected chi connectivity index (χ0v) is 15.6. The number of carbonyl (C=O) groups excluding carboxylic acids is 1. The van der Waals surface area contributed by atoms with Crippen LogP contribution < -0.4 is 0 Å². The minimum atomic E-state index is -1.96. The van der Waals surface area contributed by atoms with Crippen LogP contribution in [0.4, 0.5) is 23.2 Å². The third-order valence-electron chi connectivity index (χ3n) is 3.87. The Morgan fingerprint density at radius 1 is 0.889 bits per heavy atom. The number of esters is 1. The lowest BCUT2D eigenvalue weighted by molar-refractivity contribution is 0.0484. The van der Waals surface area contributed by atoms with Crippen molar-refractivity contribution >= 4 is 24.3 Å². The van der Waals surface area contributed by atoms with E-state index in [-0.39, 0.29) is 6.61 Å². The van der Waals surface area contributed by atoms with E-state index in [9.17, 15) is 22.4 Å². The van der Waals surface area contributed by atoms with Crippen molar-refractivity contribution in [2.24, 2.45) is 5.11 Å². The molecule has 0 aliphatic rings. The molecule has 0 unspecified atom stereocenters. The van der Waals surface area contributed by atoms with E-state index in [1.165, 1.54) is 0 Å². The highest BCUT2D eigenvalue weighted by molar-refractivity contribution is 7.80. The second kappa shape index (κ2) is 12.5. The van der Waals surface area contributed by atoms with Crippen LogP contribution in [0, 0.1) is 23.3 Å². The van der Waals surface area contributed by atoms with Crippen molar-refractivity contribution in [1.29, 1.82) is 0 Å². The Balaban J connectivity index is 2.49. The van der Waals surface area contributed by atoms with Crippen molar-refractivity contribution in [2.75, 3.05) is 12.4 Å². The van der Waals surface area contributed by atoms with Crippen molar-refractivity contribution in [2.45, 2.75) is 51.4 Å². The van der Waals surface area contributed by atoms with E-state index in [1.54, 1.807) is 0 Å². The number of carbonyl (C=O) groups is 1. The molecule has 5 nitrogen and oxygen atoms in total. The van der Waals surface area contributed by atoms with Crippen molar-refractivity contribution < 1.29 is 27.1 Å². The fraction of sp³-hybridized carbons (Fsp3) is 0.588. The van der Waals surface area contributed by atoms with Crippen LogP contribution in [0.1, 0.15) is 61.7 Å². The summed E-state index contributed by atoms with van der Waals surface area (Å²) in [5, 5.41) is 2.55. The number of unbranched alkanes of at least 4 members (excludes halogenated alkanes) is 7. The number of benzene rings is 1. The maximum atomic E-state index is 13.8. The average Bonchev–Trinajstić information content (AvgIpc) is 2.65. The van der Waals surface area contributed by atoms with Gasteiger partial charge >= 0.3 is 5.97 Å². The van der Waals surface area contributed by atoms with Gasteiger partial charge in [-0.2, -0.15) is 12.6 Å². The number of azide groups is 1. The maximum Gasteiger partial charge on any atom is 0.344 e. The molecule has 0 saturated carbocycles. The zero-order chi connectivity index (χ0) is 20.2. The van der Waals surface area contributed by atoms with Gasteiger partial charge in [0.1, 0.15) is 11.3 Å². The zero-order valence-electron chi connectivity index (χ0n) is 14.7. The number of thiol groups is 1. The Morgan fingerprint density at radius 2 is 1.37 bits per heavy atom. The molecule has 1 aromatic carbocycles. The Hall–Kier alpha value is -1.93. The third kappa shape index (κ3) is 6.95. The summed E-state index contributed by atoms with van der Waals surface area (Å²) in [6.07, 6.45) is 7.64. The van der Waals surface area contributed by atoms with Gasteiger partial charge < -0.3 is 4.74 Å². The third-order valence-corrected chi connectivity index (χ3v) is 4.19. The lowest BCUT2D eigenvalue weighted by atomic mass is 10.1. The lowest BCUT2D eigenvalue weighted by Crippen LogP contribution is -2.14. The fourth-order valence-electron chi connectivity index (χ4n) is 2.44. The first kappa shape index (κ1) is 23.1. The normalized spacial score (nSPS) is 10.6. The molecule has 0 aliphatic carbocycles. The van der Waals surface area contributed by atoms with Gasteiger partial charge in [0.15, 0.2) is 23.3 Å². The molecule has 0 spiro atoms. The molecule has 0 atom stereocenters. The minimum Gasteiger partial charge on any atom is -0.462 e. The highest BCUT2D eigenvalue weighted by atomic mass is 32.1. The monoisotopic (exact) mass is 407 g/mol. The van der Waals surface area contributed by atoms with E-state index < -0.39 is 40.5 Å². The van der Waals surface area contributed by atoms with Gasteiger partial charge in [-0.15, -0.1) is 0 Å². The number of hydrogen-bond acceptors (Lipinski definition) is 4. The molecule has 0 saturated heterocycles. The summed E-state index contributed by atoms with van der Waals surface area (Å²) >= 11 is 4.13. The molecule has 0 heterocycles. The smallest absolute Gasteiger partial charge is 0.344 e. The fourth-order valence-corrected chi connectivity index (χ4v) is 2.67. The Labute approximate surface area is 160 Å². The average molecular weight is 407 g/mol. The highest BCUT2D eigenvalue weighted by Crippen LogP contribution is 2.30. The quantitative estimate of drug-likeness (QED) is 0.0637. The Bertz CT molecular complexity index is 668. The number of hydrogen-bond donors (Lipinski definition) is 1. The summed E-state index contributed by atoms with van der Waals surface area (Å²) in [6.45, 7) is -0.126. The molecular formula is C17H21F4N3O2S. The summed E-state index contributed by atoms with van der Waals surface area (Å²) in [5.74, 6) is -8.44. The van der Waals surface area contributed by atoms with Gasteiger partial charge in [-0.05, 0) is 24.1 Å². The highest BCUT2D eigenvalue weighted by Gasteiger charge is 2.29. The molecule has 0 N–H and O–H groups in total. The van der Waals surface area contributed by atoms with E-state index in [1.807, 2.05) is 0 Å². The van der Waals surface area contributed by atoms with E-state index in [4.69, 9.17) is 10.3 Å². The molecule has 0 aliphatic heterocycles. The molecule has 27 heavy (non-hydrogen) atoms. The van der Waals surface area contributed by atoms with Gasteiger partial charge in [-0.25, -0.2) is 22.4 Å². The van der Waals surface area contributed by atoms with Crippen molar-refractivity contribution in [3.8, 4) is 0 Å². The van der Waals surface area contributed by atoms with Gasteiger partial charge in [0.25, 0.3) is 0 Å². The lowest BCUT2D eigenvalue weighted by Gasteiger charge is -2.09. The summed E-state index contributed by atoms with van der Waals surface area (Å²) in [5.41, 5.74) is 5.22. The van der Waals surface area contributed by atoms with Crippen molar-refractivity contribution in [3.63, 3.8) is 0 Å². The van der Waals surface area contributed by atoms with Gasteiger partial charge in [0.05, 0.1) is 6.61 Å². The molecule has 1 aromatic rings. The maximum absolute atomic E-state index is 13.8. The first-order chi connectivity index (χ1) is 13.0. The van der Waals surface area contributed by atoms with Gasteiger partial charge in [0.2, 0.25) is 0 Å². The van der Waals surface area contributed by atoms with Crippen LogP contribution in [-0.4, -0.2) is 18.3 Å². The predicted octanol–water partition coefficient (Wildman–Crippen LogP) is 6.39. The number of halogens is 4. The molecule has 10 heteroatoms. The Kier molecular flexibility index (Phi) is 10.7. The SMILES string of the molecule is [N-]=[N+]=Nc1c(F)c(F)c(C(=O)OCCCCCCCCCCS)c(F)c1F. The van der Waals surface area contributed by atoms with E-state index in [0.29, 0.717) is 6.42 Å². The molecule has 1 rings (SSSR count). The predicted molar refractivity (Wildman–Crippen MR) is 96.2 cm³/mol. The van der Waals surface area contributed by atoms with E-state index >= 15 is 0 Å². The summed E-state index contributed by atoms with van der Waals surface area (Å²) in [6, 6.07) is 0. The summed E-state index contributed by atoms with van der Waals surface area (Å²) < 4.78 is 59.6. The summed E-state index contributed by atoms with van der Waals surface area (Å²) in [4.78, 5) is 13.8. The second-order valence-corrected chi connectivity index (χ2v) is 6.30. The molecule has 0 aromatic heterocycles. The van der Waals surface area contributed by atoms with E-state index in [2.05, 4.69) is 22.7 Å². The van der Waals surface area contributed by atoms with Gasteiger partial charge in [-0.3, -0.25) is 0 Å². The first-order valence-electron chi connectivity index (χ1n) is 8.64. The van der Waals surface area contributed by atoms with Crippen LogP contribution in [0.15, 0.2) is 5.11 Å². The summed E-state index contributed by atoms with van der Waals surface area (Å²) in [7, 11) is 0. The number of rotatable bonds is 12. The van der Waals surface area contributed by atoms with E-state index in [0.717, 1.165) is 50.7 Å². The topological polar surface area (TPSA) is 75.1 Å². The standard InChI is InChI=1S/C17H21F4N3O2S/c18-12-11(13(19)15(21)16(14(12)20)23-24-22)17(25)26-9-7-5-3-1-2-4-6-8-10-27/h27H,1-10H2. The Morgan fingerprint density at radius 3 is 1.85 bits per heavy atom. The van der Waals surface area contributed by atoms with Gasteiger partial charge in [-0.1, -0.05) is 43.6 Å². The van der Waals surface area contributed by atoms with Crippen LogP contribution in [0.2, 0.25) is 0 Å². The molecule has 150 valence electrons. The van der Waals surface area contributed by atoms with Gasteiger partial charge in [0, 0.05) is 4.91 Å². The van der Waals surface area contributed by atoms with Crippen LogP contribution in [0.5, 0.6) is 0 Å². The number of nitrogens with zero attached hydrogens (tertiary/aromatic N) is 3.